The van der Waals surface area contributed by atoms with E-state index in [0.29, 0.717) is 0 Å². The number of hydrogen-bond acceptors (Lipinski definition) is 3. The smallest absolute Gasteiger partial charge is 0.119 e. The number of ether oxygens (including phenoxy) is 1. The molecule has 2 rings (SSSR count). The van der Waals surface area contributed by atoms with Crippen LogP contribution in [0.25, 0.3) is 0 Å². The molecule has 1 atom stereocenters. The van der Waals surface area contributed by atoms with Crippen LogP contribution in [0.4, 0.5) is 0 Å². The molecular weight excluding hydrogens is 322 g/mol. The largest absolute Gasteiger partial charge is 0.497 e. The molecule has 1 aliphatic heterocycles. The number of halogens is 1. The molecule has 1 heterocycles. The molecule has 1 saturated heterocycles. The molecule has 0 aliphatic carbocycles. The van der Waals surface area contributed by atoms with Gasteiger partial charge in [0.2, 0.25) is 0 Å². The number of hydrogen-bond donors (Lipinski definition) is 1. The van der Waals surface area contributed by atoms with Crippen LogP contribution >= 0.6 is 27.7 Å². The van der Waals surface area contributed by atoms with Gasteiger partial charge in [0.05, 0.1) is 7.11 Å². The summed E-state index contributed by atoms with van der Waals surface area (Å²) in [5, 5.41) is 0. The summed E-state index contributed by atoms with van der Waals surface area (Å²) in [5.74, 6) is 4.33. The average Bonchev–Trinajstić information content (AvgIpc) is 2.42. The molecule has 19 heavy (non-hydrogen) atoms. The van der Waals surface area contributed by atoms with E-state index < -0.39 is 0 Å². The van der Waals surface area contributed by atoms with Crippen LogP contribution in [0.15, 0.2) is 22.7 Å². The second-order valence-electron chi connectivity index (χ2n) is 5.21. The molecule has 0 spiro atoms. The highest BCUT2D eigenvalue weighted by molar-refractivity contribution is 9.10. The molecule has 1 unspecified atom stereocenters. The normalized spacial score (nSPS) is 18.3. The Kier molecular flexibility index (Phi) is 6.05. The van der Waals surface area contributed by atoms with Gasteiger partial charge in [0.1, 0.15) is 5.75 Å². The van der Waals surface area contributed by atoms with E-state index in [9.17, 15) is 0 Å². The van der Waals surface area contributed by atoms with Crippen LogP contribution in [0.2, 0.25) is 0 Å². The van der Waals surface area contributed by atoms with Crippen LogP contribution in [-0.2, 0) is 6.42 Å². The molecule has 0 amide bonds. The maximum Gasteiger partial charge on any atom is 0.119 e. The SMILES string of the molecule is COc1ccc(Br)c(CC(N)CC2CCSCC2)c1. The van der Waals surface area contributed by atoms with Crippen molar-refractivity contribution in [1.82, 2.24) is 0 Å². The van der Waals surface area contributed by atoms with E-state index in [-0.39, 0.29) is 6.04 Å². The molecule has 0 radical (unpaired) electrons. The van der Waals surface area contributed by atoms with Crippen molar-refractivity contribution in [1.29, 1.82) is 0 Å². The zero-order chi connectivity index (χ0) is 13.7. The quantitative estimate of drug-likeness (QED) is 0.881. The summed E-state index contributed by atoms with van der Waals surface area (Å²) in [4.78, 5) is 0. The predicted octanol–water partition coefficient (Wildman–Crippen LogP) is 3.86. The molecule has 4 heteroatoms. The predicted molar refractivity (Wildman–Crippen MR) is 87.0 cm³/mol. The molecule has 1 aromatic rings. The Balaban J connectivity index is 1.92. The summed E-state index contributed by atoms with van der Waals surface area (Å²) >= 11 is 5.67. The highest BCUT2D eigenvalue weighted by atomic mass is 79.9. The third-order valence-electron chi connectivity index (χ3n) is 3.71. The molecule has 0 saturated carbocycles. The third-order valence-corrected chi connectivity index (χ3v) is 5.53. The Labute approximate surface area is 128 Å². The third kappa shape index (κ3) is 4.69. The van der Waals surface area contributed by atoms with Crippen molar-refractivity contribution in [2.75, 3.05) is 18.6 Å². The minimum atomic E-state index is 0.247. The lowest BCUT2D eigenvalue weighted by Gasteiger charge is -2.24. The topological polar surface area (TPSA) is 35.2 Å². The zero-order valence-corrected chi connectivity index (χ0v) is 13.8. The van der Waals surface area contributed by atoms with Crippen molar-refractivity contribution in [3.05, 3.63) is 28.2 Å². The van der Waals surface area contributed by atoms with E-state index in [4.69, 9.17) is 10.5 Å². The molecule has 2 N–H and O–H groups in total. The zero-order valence-electron chi connectivity index (χ0n) is 11.4. The minimum absolute atomic E-state index is 0.247. The summed E-state index contributed by atoms with van der Waals surface area (Å²) < 4.78 is 6.40. The van der Waals surface area contributed by atoms with Gasteiger partial charge in [-0.15, -0.1) is 0 Å². The van der Waals surface area contributed by atoms with Crippen LogP contribution in [0, 0.1) is 5.92 Å². The van der Waals surface area contributed by atoms with E-state index in [1.165, 1.54) is 29.9 Å². The van der Waals surface area contributed by atoms with E-state index in [0.717, 1.165) is 29.0 Å². The molecule has 106 valence electrons. The maximum atomic E-state index is 6.33. The van der Waals surface area contributed by atoms with Gasteiger partial charge in [-0.3, -0.25) is 0 Å². The lowest BCUT2D eigenvalue weighted by molar-refractivity contribution is 0.403. The van der Waals surface area contributed by atoms with Crippen molar-refractivity contribution < 1.29 is 4.74 Å². The van der Waals surface area contributed by atoms with Crippen LogP contribution < -0.4 is 10.5 Å². The highest BCUT2D eigenvalue weighted by Gasteiger charge is 2.18. The average molecular weight is 344 g/mol. The van der Waals surface area contributed by atoms with Crippen LogP contribution in [0.5, 0.6) is 5.75 Å². The van der Waals surface area contributed by atoms with Gasteiger partial charge in [0.15, 0.2) is 0 Å². The van der Waals surface area contributed by atoms with Gasteiger partial charge in [-0.2, -0.15) is 11.8 Å². The van der Waals surface area contributed by atoms with E-state index in [1.807, 2.05) is 12.1 Å². The molecule has 0 bridgehead atoms. The van der Waals surface area contributed by atoms with Gasteiger partial charge in [0.25, 0.3) is 0 Å². The Hall–Kier alpha value is -0.190. The van der Waals surface area contributed by atoms with Gasteiger partial charge in [0, 0.05) is 10.5 Å². The van der Waals surface area contributed by atoms with Crippen LogP contribution in [-0.4, -0.2) is 24.7 Å². The maximum absolute atomic E-state index is 6.33. The van der Waals surface area contributed by atoms with Gasteiger partial charge in [-0.05, 0) is 66.9 Å². The fourth-order valence-corrected chi connectivity index (χ4v) is 4.22. The van der Waals surface area contributed by atoms with Gasteiger partial charge < -0.3 is 10.5 Å². The Morgan fingerprint density at radius 3 is 2.84 bits per heavy atom. The lowest BCUT2D eigenvalue weighted by Crippen LogP contribution is -2.27. The van der Waals surface area contributed by atoms with Gasteiger partial charge in [-0.1, -0.05) is 15.9 Å². The van der Waals surface area contributed by atoms with E-state index in [2.05, 4.69) is 33.8 Å². The fourth-order valence-electron chi connectivity index (χ4n) is 2.61. The number of rotatable bonds is 5. The standard InChI is InChI=1S/C15H22BrNOS/c1-18-14-2-3-15(16)12(10-14)9-13(17)8-11-4-6-19-7-5-11/h2-3,10-11,13H,4-9,17H2,1H3. The summed E-state index contributed by atoms with van der Waals surface area (Å²) in [5.41, 5.74) is 7.58. The van der Waals surface area contributed by atoms with Gasteiger partial charge >= 0.3 is 0 Å². The molecule has 1 fully saturated rings. The Morgan fingerprint density at radius 1 is 1.42 bits per heavy atom. The van der Waals surface area contributed by atoms with Crippen molar-refractivity contribution in [2.45, 2.75) is 31.7 Å². The Morgan fingerprint density at radius 2 is 2.16 bits per heavy atom. The number of thioether (sulfide) groups is 1. The molecular formula is C15H22BrNOS. The van der Waals surface area contributed by atoms with E-state index in [1.54, 1.807) is 7.11 Å². The molecule has 2 nitrogen and oxygen atoms in total. The summed E-state index contributed by atoms with van der Waals surface area (Å²) in [6.07, 6.45) is 4.72. The first-order valence-electron chi connectivity index (χ1n) is 6.84. The van der Waals surface area contributed by atoms with Crippen molar-refractivity contribution >= 4 is 27.7 Å². The first-order chi connectivity index (χ1) is 9.19. The highest BCUT2D eigenvalue weighted by Crippen LogP contribution is 2.28. The van der Waals surface area contributed by atoms with Crippen molar-refractivity contribution in [2.24, 2.45) is 11.7 Å². The molecule has 1 aromatic carbocycles. The van der Waals surface area contributed by atoms with E-state index >= 15 is 0 Å². The number of benzene rings is 1. The minimum Gasteiger partial charge on any atom is -0.497 e. The van der Waals surface area contributed by atoms with Crippen LogP contribution in [0.1, 0.15) is 24.8 Å². The first-order valence-corrected chi connectivity index (χ1v) is 8.79. The van der Waals surface area contributed by atoms with Gasteiger partial charge in [-0.25, -0.2) is 0 Å². The first kappa shape index (κ1) is 15.2. The second kappa shape index (κ2) is 7.55. The summed E-state index contributed by atoms with van der Waals surface area (Å²) in [6, 6.07) is 6.34. The van der Waals surface area contributed by atoms with Crippen molar-refractivity contribution in [3.8, 4) is 5.75 Å². The Bertz CT molecular complexity index is 407. The lowest BCUT2D eigenvalue weighted by atomic mass is 9.91. The second-order valence-corrected chi connectivity index (χ2v) is 7.29. The number of methoxy groups -OCH3 is 1. The number of nitrogens with two attached hydrogens (primary N) is 1. The monoisotopic (exact) mass is 343 g/mol. The molecule has 0 aromatic heterocycles. The van der Waals surface area contributed by atoms with Crippen LogP contribution in [0.3, 0.4) is 0 Å². The fraction of sp³-hybridized carbons (Fsp3) is 0.600. The molecule has 1 aliphatic rings. The summed E-state index contributed by atoms with van der Waals surface area (Å²) in [7, 11) is 1.70. The summed E-state index contributed by atoms with van der Waals surface area (Å²) in [6.45, 7) is 0. The van der Waals surface area contributed by atoms with Crippen molar-refractivity contribution in [3.63, 3.8) is 0 Å².